The van der Waals surface area contributed by atoms with Crippen LogP contribution in [-0.4, -0.2) is 32.3 Å². The molecule has 0 amide bonds. The molecule has 6 nitrogen and oxygen atoms in total. The third kappa shape index (κ3) is 5.86. The number of aromatic nitrogens is 2. The molecule has 1 saturated heterocycles. The maximum absolute atomic E-state index is 12.5. The van der Waals surface area contributed by atoms with Crippen molar-refractivity contribution in [3.8, 4) is 0 Å². The van der Waals surface area contributed by atoms with Crippen LogP contribution in [0.15, 0.2) is 27.0 Å². The largest absolute Gasteiger partial charge is 0.548 e. The number of nitrogens with one attached hydrogen (secondary N) is 1. The highest BCUT2D eigenvalue weighted by atomic mass is 32.2. The van der Waals surface area contributed by atoms with E-state index in [4.69, 9.17) is 8.85 Å². The molecule has 0 saturated carbocycles. The molecule has 9 heteroatoms. The Kier molecular flexibility index (Phi) is 7.37. The number of hydrogen-bond acceptors (Lipinski definition) is 5. The Balaban J connectivity index is 2.42. The number of hydrogen-bond donors (Lipinski definition) is 1. The van der Waals surface area contributed by atoms with Gasteiger partial charge in [0.1, 0.15) is 0 Å². The fraction of sp³-hybridized carbons (Fsp3) is 0.727. The number of aryl methyl sites for hydroxylation is 1. The first kappa shape index (κ1) is 26.2. The molecule has 1 aliphatic rings. The van der Waals surface area contributed by atoms with E-state index in [1.807, 2.05) is 6.26 Å². The molecular formula is C22H40N2O4SSi2. The smallest absolute Gasteiger partial charge is 0.329 e. The fourth-order valence-corrected chi connectivity index (χ4v) is 6.16. The average Bonchev–Trinajstić information content (AvgIpc) is 2.96. The van der Waals surface area contributed by atoms with Gasteiger partial charge in [-0.3, -0.25) is 14.3 Å². The second-order valence-corrected chi connectivity index (χ2v) is 22.3. The molecule has 0 aromatic carbocycles. The van der Waals surface area contributed by atoms with Crippen LogP contribution in [0.25, 0.3) is 0 Å². The molecule has 176 valence electrons. The number of thioether (sulfide) groups is 1. The molecule has 31 heavy (non-hydrogen) atoms. The van der Waals surface area contributed by atoms with Crippen molar-refractivity contribution in [3.63, 3.8) is 0 Å². The summed E-state index contributed by atoms with van der Waals surface area (Å²) >= 11 is 1.60. The van der Waals surface area contributed by atoms with Gasteiger partial charge in [-0.15, -0.1) is 0 Å². The summed E-state index contributed by atoms with van der Waals surface area (Å²) in [4.78, 5) is 27.8. The quantitative estimate of drug-likeness (QED) is 0.426. The summed E-state index contributed by atoms with van der Waals surface area (Å²) in [5, 5.41) is 0.0225. The van der Waals surface area contributed by atoms with E-state index in [2.05, 4.69) is 72.7 Å². The van der Waals surface area contributed by atoms with Crippen LogP contribution in [-0.2, 0) is 8.85 Å². The van der Waals surface area contributed by atoms with Crippen molar-refractivity contribution in [2.45, 2.75) is 103 Å². The first-order chi connectivity index (χ1) is 13.9. The molecule has 1 fully saturated rings. The highest BCUT2D eigenvalue weighted by Gasteiger charge is 2.44. The van der Waals surface area contributed by atoms with E-state index >= 15 is 0 Å². The topological polar surface area (TPSA) is 73.3 Å². The zero-order valence-corrected chi connectivity index (χ0v) is 23.8. The van der Waals surface area contributed by atoms with Crippen molar-refractivity contribution in [1.29, 1.82) is 0 Å². The van der Waals surface area contributed by atoms with Crippen LogP contribution in [0.4, 0.5) is 0 Å². The fourth-order valence-electron chi connectivity index (χ4n) is 2.68. The van der Waals surface area contributed by atoms with Gasteiger partial charge in [0.25, 0.3) is 5.56 Å². The molecule has 2 heterocycles. The van der Waals surface area contributed by atoms with E-state index in [1.165, 1.54) is 0 Å². The lowest BCUT2D eigenvalue weighted by Crippen LogP contribution is -2.44. The number of H-pyrrole nitrogens is 1. The Morgan fingerprint density at radius 2 is 1.61 bits per heavy atom. The molecule has 0 unspecified atom stereocenters. The minimum Gasteiger partial charge on any atom is -0.548 e. The van der Waals surface area contributed by atoms with Gasteiger partial charge in [-0.05, 0) is 43.2 Å². The van der Waals surface area contributed by atoms with Gasteiger partial charge in [0.05, 0.1) is 17.7 Å². The van der Waals surface area contributed by atoms with E-state index in [0.29, 0.717) is 12.0 Å². The summed E-state index contributed by atoms with van der Waals surface area (Å²) in [6.07, 6.45) is 4.08. The summed E-state index contributed by atoms with van der Waals surface area (Å²) in [6, 6.07) is 0. The summed E-state index contributed by atoms with van der Waals surface area (Å²) < 4.78 is 14.8. The van der Waals surface area contributed by atoms with Crippen LogP contribution in [0.2, 0.25) is 36.3 Å². The summed E-state index contributed by atoms with van der Waals surface area (Å²) in [5.74, 6) is 0. The third-order valence-electron chi connectivity index (χ3n) is 6.98. The zero-order chi connectivity index (χ0) is 24.0. The van der Waals surface area contributed by atoms with Crippen LogP contribution in [0.5, 0.6) is 0 Å². The number of rotatable bonds is 5. The Labute approximate surface area is 193 Å². The molecule has 1 aromatic rings. The standard InChI is InChI=1S/C22H40N2O4SSi2/c1-15-13-24(20(26)23-19(15)25)18-12-16(28-31(10,11)22(5,6)7)17(29-18)14-27-30(8,9)21(2,3)4/h13-14,16,18H,12H2,1-11H3,(H,23,25,26)/b17-14+/t16-,18+/m0/s1. The van der Waals surface area contributed by atoms with E-state index < -0.39 is 16.6 Å². The minimum absolute atomic E-state index is 0.0760. The van der Waals surface area contributed by atoms with Crippen molar-refractivity contribution in [1.82, 2.24) is 9.55 Å². The third-order valence-corrected chi connectivity index (χ3v) is 17.1. The monoisotopic (exact) mass is 484 g/mol. The second-order valence-electron chi connectivity index (χ2n) is 11.6. The lowest BCUT2D eigenvalue weighted by Gasteiger charge is -2.39. The highest BCUT2D eigenvalue weighted by molar-refractivity contribution is 8.03. The van der Waals surface area contributed by atoms with Crippen molar-refractivity contribution < 1.29 is 8.85 Å². The molecular weight excluding hydrogens is 444 g/mol. The van der Waals surface area contributed by atoms with Crippen LogP contribution < -0.4 is 11.2 Å². The molecule has 1 aliphatic heterocycles. The van der Waals surface area contributed by atoms with Gasteiger partial charge in [-0.25, -0.2) is 4.79 Å². The van der Waals surface area contributed by atoms with Crippen LogP contribution >= 0.6 is 11.8 Å². The first-order valence-electron chi connectivity index (χ1n) is 10.9. The minimum atomic E-state index is -2.03. The molecule has 0 radical (unpaired) electrons. The maximum Gasteiger partial charge on any atom is 0.329 e. The lowest BCUT2D eigenvalue weighted by molar-refractivity contribution is 0.207. The second kappa shape index (κ2) is 8.72. The Hall–Kier alpha value is -1.04. The summed E-state index contributed by atoms with van der Waals surface area (Å²) in [5.41, 5.74) is -0.196. The van der Waals surface area contributed by atoms with E-state index in [0.717, 1.165) is 4.91 Å². The molecule has 0 aliphatic carbocycles. The van der Waals surface area contributed by atoms with Crippen LogP contribution in [0.3, 0.4) is 0 Å². The van der Waals surface area contributed by atoms with Crippen LogP contribution in [0, 0.1) is 6.92 Å². The molecule has 2 atom stereocenters. The summed E-state index contributed by atoms with van der Waals surface area (Å²) in [7, 11) is -4.01. The Bertz CT molecular complexity index is 952. The van der Waals surface area contributed by atoms with E-state index in [9.17, 15) is 9.59 Å². The first-order valence-corrected chi connectivity index (χ1v) is 17.6. The van der Waals surface area contributed by atoms with Crippen LogP contribution in [0.1, 0.15) is 58.9 Å². The average molecular weight is 485 g/mol. The molecule has 0 spiro atoms. The lowest BCUT2D eigenvalue weighted by atomic mass is 10.2. The van der Waals surface area contributed by atoms with Gasteiger partial charge < -0.3 is 8.85 Å². The maximum atomic E-state index is 12.5. The van der Waals surface area contributed by atoms with Gasteiger partial charge >= 0.3 is 5.69 Å². The highest BCUT2D eigenvalue weighted by Crippen LogP contribution is 2.49. The van der Waals surface area contributed by atoms with Gasteiger partial charge in [0, 0.05) is 23.1 Å². The molecule has 1 aromatic heterocycles. The van der Waals surface area contributed by atoms with Crippen molar-refractivity contribution >= 4 is 28.4 Å². The normalized spacial score (nSPS) is 22.2. The predicted molar refractivity (Wildman–Crippen MR) is 136 cm³/mol. The van der Waals surface area contributed by atoms with Crippen molar-refractivity contribution in [3.05, 3.63) is 43.8 Å². The van der Waals surface area contributed by atoms with Crippen molar-refractivity contribution in [2.75, 3.05) is 0 Å². The van der Waals surface area contributed by atoms with Gasteiger partial charge in [0.15, 0.2) is 8.32 Å². The zero-order valence-electron chi connectivity index (χ0n) is 21.0. The SMILES string of the molecule is Cc1cn([C@H]2C[C@H](O[Si](C)(C)C(C)(C)C)/C(=C\O[Si](C)(C)C(C)(C)C)S2)c(=O)[nH]c1=O. The molecule has 1 N–H and O–H groups in total. The summed E-state index contributed by atoms with van der Waals surface area (Å²) in [6.45, 7) is 24.0. The van der Waals surface area contributed by atoms with Gasteiger partial charge in [0.2, 0.25) is 8.32 Å². The number of nitrogens with zero attached hydrogens (tertiary/aromatic N) is 1. The van der Waals surface area contributed by atoms with E-state index in [1.54, 1.807) is 29.4 Å². The Morgan fingerprint density at radius 3 is 2.13 bits per heavy atom. The van der Waals surface area contributed by atoms with Crippen molar-refractivity contribution in [2.24, 2.45) is 0 Å². The van der Waals surface area contributed by atoms with Gasteiger partial charge in [-0.1, -0.05) is 53.3 Å². The van der Waals surface area contributed by atoms with E-state index in [-0.39, 0.29) is 32.8 Å². The number of aromatic amines is 1. The Morgan fingerprint density at radius 1 is 1.06 bits per heavy atom. The molecule has 0 bridgehead atoms. The van der Waals surface area contributed by atoms with Gasteiger partial charge in [-0.2, -0.15) is 0 Å². The predicted octanol–water partition coefficient (Wildman–Crippen LogP) is 5.73. The molecule has 2 rings (SSSR count).